The van der Waals surface area contributed by atoms with Gasteiger partial charge in [0.05, 0.1) is 0 Å². The number of alkyl halides is 1. The van der Waals surface area contributed by atoms with E-state index < -0.39 is 0 Å². The first kappa shape index (κ1) is 8.38. The van der Waals surface area contributed by atoms with E-state index in [-0.39, 0.29) is 17.2 Å². The zero-order valence-electron chi connectivity index (χ0n) is 3.86. The summed E-state index contributed by atoms with van der Waals surface area (Å²) in [4.78, 5) is 0. The quantitative estimate of drug-likeness (QED) is 0.348. The van der Waals surface area contributed by atoms with Crippen LogP contribution in [0.3, 0.4) is 0 Å². The first-order valence-corrected chi connectivity index (χ1v) is 9.71. The van der Waals surface area contributed by atoms with Gasteiger partial charge in [-0.1, -0.05) is 0 Å². The standard InChI is InChI=1S/C3H8I2NO/c4-5-3-7-2-1-6/h1-3,6H2/q-1. The monoisotopic (exact) mass is 328 g/mol. The van der Waals surface area contributed by atoms with E-state index in [4.69, 9.17) is 10.5 Å². The van der Waals surface area contributed by atoms with E-state index in [9.17, 15) is 0 Å². The summed E-state index contributed by atoms with van der Waals surface area (Å²) in [6, 6.07) is 0. The Morgan fingerprint density at radius 3 is 2.86 bits per heavy atom. The second-order valence-corrected chi connectivity index (χ2v) is 5.97. The van der Waals surface area contributed by atoms with Gasteiger partial charge in [-0.15, -0.1) is 0 Å². The summed E-state index contributed by atoms with van der Waals surface area (Å²) in [5.41, 5.74) is 5.15. The molecule has 0 atom stereocenters. The Kier molecular flexibility index (Phi) is 8.83. The Balaban J connectivity index is 2.45. The third kappa shape index (κ3) is 7.38. The fraction of sp³-hybridized carbons (Fsp3) is 1.00. The van der Waals surface area contributed by atoms with E-state index in [1.807, 2.05) is 0 Å². The summed E-state index contributed by atoms with van der Waals surface area (Å²) >= 11 is 2.66. The minimum absolute atomic E-state index is 0.287. The molecule has 0 aliphatic rings. The molecule has 0 unspecified atom stereocenters. The van der Waals surface area contributed by atoms with Gasteiger partial charge >= 0.3 is 64.1 Å². The molecule has 0 fully saturated rings. The maximum absolute atomic E-state index is 5.15. The Morgan fingerprint density at radius 2 is 2.43 bits per heavy atom. The molecular formula is C3H8I2NO-. The number of halogens is 2. The molecule has 0 amide bonds. The van der Waals surface area contributed by atoms with Gasteiger partial charge in [-0.3, -0.25) is 0 Å². The molecule has 2 nitrogen and oxygen atoms in total. The third-order valence-electron chi connectivity index (χ3n) is 0.381. The van der Waals surface area contributed by atoms with Crippen LogP contribution in [0.1, 0.15) is 0 Å². The summed E-state index contributed by atoms with van der Waals surface area (Å²) < 4.78 is 5.99. The molecule has 0 aliphatic heterocycles. The van der Waals surface area contributed by atoms with E-state index in [2.05, 4.69) is 18.6 Å². The van der Waals surface area contributed by atoms with Crippen molar-refractivity contribution in [2.75, 3.05) is 17.8 Å². The molecule has 2 N–H and O–H groups in total. The van der Waals surface area contributed by atoms with E-state index >= 15 is 0 Å². The average Bonchev–Trinajstić information content (AvgIpc) is 1.69. The predicted octanol–water partition coefficient (Wildman–Crippen LogP) is -2.64. The van der Waals surface area contributed by atoms with Gasteiger partial charge in [-0.25, -0.2) is 0 Å². The number of ether oxygens (including phenoxy) is 1. The molecule has 4 heteroatoms. The SMILES string of the molecule is NCCOC[I-]I. The summed E-state index contributed by atoms with van der Waals surface area (Å²) in [6.45, 7) is 1.38. The van der Waals surface area contributed by atoms with Gasteiger partial charge in [0.25, 0.3) is 0 Å². The molecule has 0 aromatic heterocycles. The maximum atomic E-state index is 5.15. The molecule has 46 valence electrons. The van der Waals surface area contributed by atoms with Crippen LogP contribution in [0.5, 0.6) is 0 Å². The van der Waals surface area contributed by atoms with Crippen molar-refractivity contribution in [2.24, 2.45) is 5.73 Å². The fourth-order valence-corrected chi connectivity index (χ4v) is 1.76. The van der Waals surface area contributed by atoms with Crippen LogP contribution < -0.4 is 23.0 Å². The Morgan fingerprint density at radius 1 is 1.71 bits per heavy atom. The normalized spacial score (nSPS) is 10.0. The molecule has 0 rings (SSSR count). The second kappa shape index (κ2) is 7.38. The Labute approximate surface area is 63.6 Å². The molecular weight excluding hydrogens is 320 g/mol. The Bertz CT molecular complexity index is 32.1. The first-order valence-electron chi connectivity index (χ1n) is 1.90. The van der Waals surface area contributed by atoms with Crippen molar-refractivity contribution >= 4 is 18.6 Å². The first-order chi connectivity index (χ1) is 3.41. The van der Waals surface area contributed by atoms with Gasteiger partial charge in [0.2, 0.25) is 0 Å². The van der Waals surface area contributed by atoms with Crippen LogP contribution in [0.25, 0.3) is 0 Å². The third-order valence-corrected chi connectivity index (χ3v) is 2.64. The van der Waals surface area contributed by atoms with Crippen LogP contribution in [0.2, 0.25) is 0 Å². The number of hydrogen-bond acceptors (Lipinski definition) is 2. The van der Waals surface area contributed by atoms with Crippen LogP contribution in [-0.2, 0) is 4.74 Å². The summed E-state index contributed by atoms with van der Waals surface area (Å²) in [7, 11) is 0. The van der Waals surface area contributed by atoms with Gasteiger partial charge in [-0.2, -0.15) is 0 Å². The van der Waals surface area contributed by atoms with E-state index in [1.165, 1.54) is 0 Å². The molecule has 0 radical (unpaired) electrons. The van der Waals surface area contributed by atoms with Crippen LogP contribution in [0, 0.1) is 0 Å². The topological polar surface area (TPSA) is 35.2 Å². The van der Waals surface area contributed by atoms with Crippen LogP contribution in [0.15, 0.2) is 0 Å². The summed E-state index contributed by atoms with van der Waals surface area (Å²) in [6.07, 6.45) is 0. The van der Waals surface area contributed by atoms with E-state index in [1.54, 1.807) is 0 Å². The van der Waals surface area contributed by atoms with Crippen molar-refractivity contribution in [1.82, 2.24) is 0 Å². The zero-order valence-corrected chi connectivity index (χ0v) is 8.18. The van der Waals surface area contributed by atoms with Gasteiger partial charge < -0.3 is 0 Å². The fourth-order valence-electron chi connectivity index (χ4n) is 0.167. The molecule has 0 spiro atoms. The Hall–Kier alpha value is 1.38. The number of nitrogens with two attached hydrogens (primary N) is 1. The van der Waals surface area contributed by atoms with Crippen molar-refractivity contribution in [3.8, 4) is 0 Å². The van der Waals surface area contributed by atoms with Gasteiger partial charge in [-0.05, 0) is 0 Å². The van der Waals surface area contributed by atoms with Gasteiger partial charge in [0.1, 0.15) is 0 Å². The van der Waals surface area contributed by atoms with Gasteiger partial charge in [0, 0.05) is 0 Å². The molecule has 7 heavy (non-hydrogen) atoms. The van der Waals surface area contributed by atoms with Crippen molar-refractivity contribution in [3.63, 3.8) is 0 Å². The van der Waals surface area contributed by atoms with Crippen molar-refractivity contribution in [1.29, 1.82) is 0 Å². The zero-order chi connectivity index (χ0) is 5.54. The predicted molar refractivity (Wildman–Crippen MR) is 33.9 cm³/mol. The van der Waals surface area contributed by atoms with Crippen molar-refractivity contribution in [3.05, 3.63) is 0 Å². The minimum atomic E-state index is 0.287. The van der Waals surface area contributed by atoms with E-state index in [0.717, 1.165) is 11.2 Å². The van der Waals surface area contributed by atoms with Crippen LogP contribution in [-0.4, -0.2) is 17.8 Å². The molecule has 0 heterocycles. The van der Waals surface area contributed by atoms with Crippen molar-refractivity contribution in [2.45, 2.75) is 0 Å². The van der Waals surface area contributed by atoms with E-state index in [0.29, 0.717) is 6.54 Å². The van der Waals surface area contributed by atoms with Crippen LogP contribution in [0.4, 0.5) is 0 Å². The average molecular weight is 328 g/mol. The molecule has 0 bridgehead atoms. The molecule has 0 saturated heterocycles. The van der Waals surface area contributed by atoms with Crippen LogP contribution >= 0.6 is 18.6 Å². The molecule has 0 aromatic carbocycles. The molecule has 0 aromatic rings. The summed E-state index contributed by atoms with van der Waals surface area (Å²) in [5, 5.41) is 0. The number of hydrogen-bond donors (Lipinski definition) is 1. The van der Waals surface area contributed by atoms with Crippen molar-refractivity contribution < 1.29 is 22.0 Å². The molecule has 0 aliphatic carbocycles. The second-order valence-electron chi connectivity index (χ2n) is 0.907. The molecule has 0 saturated carbocycles. The summed E-state index contributed by atoms with van der Waals surface area (Å²) in [5.74, 6) is 0. The number of rotatable bonds is 4. The van der Waals surface area contributed by atoms with Gasteiger partial charge in [0.15, 0.2) is 0 Å².